The predicted octanol–water partition coefficient (Wildman–Crippen LogP) is 4.12. The third-order valence-electron chi connectivity index (χ3n) is 5.09. The maximum Gasteiger partial charge on any atom is 0.355 e. The van der Waals surface area contributed by atoms with Crippen LogP contribution in [0.15, 0.2) is 42.6 Å². The Kier molecular flexibility index (Phi) is 9.05. The molecule has 1 aromatic carbocycles. The fraction of sp³-hybridized carbons (Fsp3) is 0.409. The number of benzene rings is 1. The summed E-state index contributed by atoms with van der Waals surface area (Å²) in [6.07, 6.45) is 2.39. The van der Waals surface area contributed by atoms with Crippen LogP contribution in [-0.4, -0.2) is 48.6 Å². The molecule has 33 heavy (non-hydrogen) atoms. The van der Waals surface area contributed by atoms with Gasteiger partial charge in [0.2, 0.25) is 5.91 Å². The summed E-state index contributed by atoms with van der Waals surface area (Å²) in [5.74, 6) is 0.479. The van der Waals surface area contributed by atoms with Crippen LogP contribution in [0.1, 0.15) is 29.8 Å². The van der Waals surface area contributed by atoms with Gasteiger partial charge < -0.3 is 18.5 Å². The molecule has 0 aliphatic carbocycles. The van der Waals surface area contributed by atoms with E-state index in [1.165, 1.54) is 14.2 Å². The number of ether oxygens (including phenoxy) is 2. The highest BCUT2D eigenvalue weighted by molar-refractivity contribution is 8.15. The van der Waals surface area contributed by atoms with Crippen molar-refractivity contribution in [2.45, 2.75) is 31.1 Å². The highest BCUT2D eigenvalue weighted by Gasteiger charge is 2.31. The fourth-order valence-corrected chi connectivity index (χ4v) is 4.67. The maximum absolute atomic E-state index is 12.1. The van der Waals surface area contributed by atoms with Crippen molar-refractivity contribution in [3.8, 4) is 5.75 Å². The van der Waals surface area contributed by atoms with Crippen LogP contribution in [0.5, 0.6) is 5.75 Å². The van der Waals surface area contributed by atoms with Crippen LogP contribution in [0.4, 0.5) is 4.79 Å². The largest absolute Gasteiger partial charge is 0.493 e. The predicted molar refractivity (Wildman–Crippen MR) is 124 cm³/mol. The Morgan fingerprint density at radius 1 is 1.12 bits per heavy atom. The third kappa shape index (κ3) is 7.38. The minimum absolute atomic E-state index is 0.139. The Morgan fingerprint density at radius 2 is 1.85 bits per heavy atom. The van der Waals surface area contributed by atoms with Gasteiger partial charge in [-0.3, -0.25) is 24.5 Å². The quantitative estimate of drug-likeness (QED) is 0.435. The molecule has 2 atom stereocenters. The SMILES string of the molecule is COP(=O)(COC(C)c1ccc(CCOc2ccc(CC3SC(=O)NC3=O)cc2)nc1)OC. The zero-order valence-electron chi connectivity index (χ0n) is 18.7. The molecule has 1 aromatic heterocycles. The van der Waals surface area contributed by atoms with Gasteiger partial charge in [0.25, 0.3) is 5.24 Å². The van der Waals surface area contributed by atoms with E-state index in [0.29, 0.717) is 19.4 Å². The Hall–Kier alpha value is -2.23. The van der Waals surface area contributed by atoms with Crippen LogP contribution in [0, 0.1) is 0 Å². The summed E-state index contributed by atoms with van der Waals surface area (Å²) in [4.78, 5) is 27.4. The molecule has 2 unspecified atom stereocenters. The van der Waals surface area contributed by atoms with Gasteiger partial charge in [-0.25, -0.2) is 0 Å². The number of aromatic nitrogens is 1. The summed E-state index contributed by atoms with van der Waals surface area (Å²) >= 11 is 1.02. The second-order valence-corrected chi connectivity index (χ2v) is 10.7. The van der Waals surface area contributed by atoms with Crippen LogP contribution in [0.3, 0.4) is 0 Å². The van der Waals surface area contributed by atoms with Crippen molar-refractivity contribution in [1.82, 2.24) is 10.3 Å². The summed E-state index contributed by atoms with van der Waals surface area (Å²) in [6, 6.07) is 11.3. The van der Waals surface area contributed by atoms with Crippen molar-refractivity contribution in [1.29, 1.82) is 0 Å². The Morgan fingerprint density at radius 3 is 2.42 bits per heavy atom. The van der Waals surface area contributed by atoms with Crippen LogP contribution in [-0.2, 0) is 36.0 Å². The van der Waals surface area contributed by atoms with Gasteiger partial charge in [-0.1, -0.05) is 30.0 Å². The van der Waals surface area contributed by atoms with E-state index in [9.17, 15) is 14.2 Å². The normalized spacial score (nSPS) is 17.1. The molecule has 1 aliphatic rings. The van der Waals surface area contributed by atoms with Crippen molar-refractivity contribution in [3.63, 3.8) is 0 Å². The molecule has 0 radical (unpaired) electrons. The lowest BCUT2D eigenvalue weighted by atomic mass is 10.1. The number of thioether (sulfide) groups is 1. The molecule has 1 fully saturated rings. The summed E-state index contributed by atoms with van der Waals surface area (Å²) in [6.45, 7) is 2.30. The highest BCUT2D eigenvalue weighted by atomic mass is 32.2. The van der Waals surface area contributed by atoms with Crippen LogP contribution in [0.25, 0.3) is 0 Å². The van der Waals surface area contributed by atoms with Crippen molar-refractivity contribution < 1.29 is 32.7 Å². The summed E-state index contributed by atoms with van der Waals surface area (Å²) in [5.41, 5.74) is 2.69. The summed E-state index contributed by atoms with van der Waals surface area (Å²) < 4.78 is 33.2. The van der Waals surface area contributed by atoms with E-state index in [-0.39, 0.29) is 28.8 Å². The number of nitrogens with one attached hydrogen (secondary N) is 1. The molecule has 3 rings (SSSR count). The van der Waals surface area contributed by atoms with Gasteiger partial charge in [-0.05, 0) is 42.7 Å². The topological polar surface area (TPSA) is 113 Å². The lowest BCUT2D eigenvalue weighted by molar-refractivity contribution is -0.118. The van der Waals surface area contributed by atoms with Gasteiger partial charge >= 0.3 is 7.60 Å². The molecule has 0 saturated carbocycles. The first-order valence-electron chi connectivity index (χ1n) is 10.3. The first kappa shape index (κ1) is 25.4. The second kappa shape index (κ2) is 11.8. The lowest BCUT2D eigenvalue weighted by Crippen LogP contribution is -2.25. The molecule has 9 nitrogen and oxygen atoms in total. The van der Waals surface area contributed by atoms with E-state index in [4.69, 9.17) is 18.5 Å². The molecule has 0 bridgehead atoms. The van der Waals surface area contributed by atoms with Gasteiger partial charge in [-0.15, -0.1) is 0 Å². The summed E-state index contributed by atoms with van der Waals surface area (Å²) in [5, 5.41) is 1.62. The lowest BCUT2D eigenvalue weighted by Gasteiger charge is -2.18. The fourth-order valence-electron chi connectivity index (χ4n) is 3.04. The first-order chi connectivity index (χ1) is 15.8. The number of rotatable bonds is 12. The molecule has 0 spiro atoms. The molecule has 1 aliphatic heterocycles. The Labute approximate surface area is 197 Å². The molecule has 11 heteroatoms. The molecule has 2 aromatic rings. The van der Waals surface area contributed by atoms with E-state index in [2.05, 4.69) is 10.3 Å². The second-order valence-electron chi connectivity index (χ2n) is 7.33. The molecule has 1 N–H and O–H groups in total. The minimum atomic E-state index is -3.22. The van der Waals surface area contributed by atoms with E-state index >= 15 is 0 Å². The number of carbonyl (C=O) groups excluding carboxylic acids is 2. The maximum atomic E-state index is 12.1. The van der Waals surface area contributed by atoms with Gasteiger partial charge in [0.15, 0.2) is 0 Å². The monoisotopic (exact) mass is 494 g/mol. The van der Waals surface area contributed by atoms with Gasteiger partial charge in [0, 0.05) is 32.5 Å². The number of pyridine rings is 1. The third-order valence-corrected chi connectivity index (χ3v) is 7.65. The molecule has 2 heterocycles. The molecule has 2 amide bonds. The van der Waals surface area contributed by atoms with Crippen molar-refractivity contribution >= 4 is 30.5 Å². The van der Waals surface area contributed by atoms with Crippen LogP contribution < -0.4 is 10.1 Å². The standard InChI is InChI=1S/C22H27N2O7PS/c1-15(31-14-32(27,28-2)29-3)17-6-7-18(23-13-17)10-11-30-19-8-4-16(5-9-19)12-20-21(25)24-22(26)33-20/h4-9,13,15,20H,10-12,14H2,1-3H3,(H,24,25,26). The van der Waals surface area contributed by atoms with Gasteiger partial charge in [0.05, 0.1) is 18.0 Å². The number of carbonyl (C=O) groups is 2. The molecule has 178 valence electrons. The highest BCUT2D eigenvalue weighted by Crippen LogP contribution is 2.47. The first-order valence-corrected chi connectivity index (χ1v) is 12.9. The molecule has 1 saturated heterocycles. The number of hydrogen-bond donors (Lipinski definition) is 1. The zero-order valence-corrected chi connectivity index (χ0v) is 20.4. The van der Waals surface area contributed by atoms with Crippen molar-refractivity contribution in [3.05, 3.63) is 59.4 Å². The van der Waals surface area contributed by atoms with Crippen molar-refractivity contribution in [2.75, 3.05) is 27.2 Å². The average Bonchev–Trinajstić information content (AvgIpc) is 3.15. The van der Waals surface area contributed by atoms with Crippen LogP contribution in [0.2, 0.25) is 0 Å². The Bertz CT molecular complexity index is 993. The summed E-state index contributed by atoms with van der Waals surface area (Å²) in [7, 11) is -0.570. The average molecular weight is 495 g/mol. The van der Waals surface area contributed by atoms with Gasteiger partial charge in [0.1, 0.15) is 12.1 Å². The van der Waals surface area contributed by atoms with E-state index in [1.807, 2.05) is 43.3 Å². The molecular weight excluding hydrogens is 467 g/mol. The van der Waals surface area contributed by atoms with E-state index in [1.54, 1.807) is 6.20 Å². The van der Waals surface area contributed by atoms with Crippen LogP contribution >= 0.6 is 19.4 Å². The van der Waals surface area contributed by atoms with Crippen molar-refractivity contribution in [2.24, 2.45) is 0 Å². The molecular formula is C22H27N2O7PS. The Balaban J connectivity index is 1.42. The number of hydrogen-bond acceptors (Lipinski definition) is 9. The zero-order chi connectivity index (χ0) is 23.8. The van der Waals surface area contributed by atoms with Gasteiger partial charge in [-0.2, -0.15) is 0 Å². The number of nitrogens with zero attached hydrogens (tertiary/aromatic N) is 1. The minimum Gasteiger partial charge on any atom is -0.493 e. The number of amides is 2. The van der Waals surface area contributed by atoms with E-state index < -0.39 is 7.60 Å². The smallest absolute Gasteiger partial charge is 0.355 e. The van der Waals surface area contributed by atoms with E-state index in [0.717, 1.165) is 34.3 Å². The number of imide groups is 1.